The van der Waals surface area contributed by atoms with E-state index in [4.69, 9.17) is 14.5 Å². The number of unbranched alkanes of at least 4 members (excludes halogenated alkanes) is 11. The van der Waals surface area contributed by atoms with Gasteiger partial charge in [-0.1, -0.05) is 76.3 Å². The first-order valence-corrected chi connectivity index (χ1v) is 29.5. The van der Waals surface area contributed by atoms with Crippen LogP contribution in [0.3, 0.4) is 0 Å². The van der Waals surface area contributed by atoms with Crippen molar-refractivity contribution >= 4 is 47.9 Å². The van der Waals surface area contributed by atoms with E-state index in [1.807, 2.05) is 30.0 Å². The molecular weight excluding hydrogens is 1060 g/mol. The van der Waals surface area contributed by atoms with Crippen molar-refractivity contribution in [1.82, 2.24) is 39.9 Å². The third kappa shape index (κ3) is 18.2. The number of nitrogens with one attached hydrogen (secondary N) is 2. The van der Waals surface area contributed by atoms with Gasteiger partial charge in [0.25, 0.3) is 11.8 Å². The number of hydrogen-bond donors (Lipinski definition) is 2. The summed E-state index contributed by atoms with van der Waals surface area (Å²) in [6, 6.07) is 15.4. The SMILES string of the molecule is CCOc1cc(-c2ccc(N3CCC(CN4CCN(C(=O)CCCCCCCCCCCCCCNC(=O)COc5cccc(C=O)c5CN(C)C(C=O)CCC=O)CC4)(NC(=O)c4cc(F)ccc4F)CC3)nc2)c2c(C#N)cnn2c1. The Balaban J connectivity index is 0.757. The number of fused-ring (bicyclic) bond motifs is 1. The number of amides is 3. The Kier molecular flexibility index (Phi) is 24.5. The van der Waals surface area contributed by atoms with Crippen LogP contribution in [0.4, 0.5) is 14.6 Å². The Hall–Kier alpha value is -7.63. The first kappa shape index (κ1) is 63.0. The zero-order valence-corrected chi connectivity index (χ0v) is 48.1. The van der Waals surface area contributed by atoms with Crippen LogP contribution < -0.4 is 25.0 Å². The van der Waals surface area contributed by atoms with Gasteiger partial charge in [0.1, 0.15) is 47.6 Å². The topological polar surface area (TPSA) is 212 Å². The highest BCUT2D eigenvalue weighted by Gasteiger charge is 2.39. The van der Waals surface area contributed by atoms with Gasteiger partial charge in [-0.3, -0.25) is 29.0 Å². The molecule has 3 amide bonds. The molecule has 3 aromatic heterocycles. The average Bonchev–Trinajstić information content (AvgIpc) is 4.18. The van der Waals surface area contributed by atoms with Gasteiger partial charge in [-0.05, 0) is 88.5 Å². The molecule has 2 aliphatic rings. The van der Waals surface area contributed by atoms with Crippen LogP contribution in [0.15, 0.2) is 73.2 Å². The molecule has 0 aliphatic carbocycles. The van der Waals surface area contributed by atoms with Crippen molar-refractivity contribution < 1.29 is 47.0 Å². The van der Waals surface area contributed by atoms with Crippen LogP contribution in [-0.2, 0) is 25.7 Å². The number of rotatable bonds is 34. The number of pyridine rings is 2. The van der Waals surface area contributed by atoms with E-state index in [-0.39, 0.29) is 37.0 Å². The summed E-state index contributed by atoms with van der Waals surface area (Å²) >= 11 is 0. The van der Waals surface area contributed by atoms with E-state index in [0.29, 0.717) is 118 Å². The third-order valence-electron chi connectivity index (χ3n) is 15.9. The molecule has 1 atom stereocenters. The van der Waals surface area contributed by atoms with E-state index in [1.54, 1.807) is 47.1 Å². The lowest BCUT2D eigenvalue weighted by Gasteiger charge is -2.46. The Morgan fingerprint density at radius 1 is 0.855 bits per heavy atom. The Bertz CT molecular complexity index is 2990. The molecule has 5 heterocycles. The van der Waals surface area contributed by atoms with E-state index < -0.39 is 29.1 Å². The maximum Gasteiger partial charge on any atom is 0.257 e. The first-order chi connectivity index (χ1) is 40.4. The molecule has 2 N–H and O–H groups in total. The Morgan fingerprint density at radius 2 is 1.57 bits per heavy atom. The number of nitriles is 1. The number of halogens is 2. The summed E-state index contributed by atoms with van der Waals surface area (Å²) in [7, 11) is 1.74. The van der Waals surface area contributed by atoms with Gasteiger partial charge in [0.15, 0.2) is 12.9 Å². The van der Waals surface area contributed by atoms with Crippen LogP contribution in [0.2, 0.25) is 0 Å². The minimum absolute atomic E-state index is 0.159. The van der Waals surface area contributed by atoms with E-state index >= 15 is 0 Å². The smallest absolute Gasteiger partial charge is 0.257 e. The molecule has 0 bridgehead atoms. The molecule has 444 valence electrons. The van der Waals surface area contributed by atoms with Gasteiger partial charge < -0.3 is 39.5 Å². The molecule has 2 fully saturated rings. The summed E-state index contributed by atoms with van der Waals surface area (Å²) in [4.78, 5) is 86.8. The van der Waals surface area contributed by atoms with Gasteiger partial charge in [0, 0.05) is 100 Å². The highest BCUT2D eigenvalue weighted by molar-refractivity contribution is 5.95. The van der Waals surface area contributed by atoms with Crippen LogP contribution in [0.1, 0.15) is 148 Å². The number of carbonyl (C=O) groups excluding carboxylic acids is 6. The summed E-state index contributed by atoms with van der Waals surface area (Å²) in [5, 5.41) is 20.2. The quantitative estimate of drug-likeness (QED) is 0.0291. The van der Waals surface area contributed by atoms with Gasteiger partial charge in [-0.2, -0.15) is 10.4 Å². The molecule has 2 aromatic carbocycles. The molecule has 0 radical (unpaired) electrons. The van der Waals surface area contributed by atoms with Crippen molar-refractivity contribution in [2.24, 2.45) is 0 Å². The summed E-state index contributed by atoms with van der Waals surface area (Å²) in [5.74, 6) is -0.490. The van der Waals surface area contributed by atoms with Gasteiger partial charge in [-0.25, -0.2) is 18.3 Å². The third-order valence-corrected chi connectivity index (χ3v) is 15.9. The second-order valence-corrected chi connectivity index (χ2v) is 21.8. The van der Waals surface area contributed by atoms with E-state index in [1.165, 1.54) is 31.9 Å². The average molecular weight is 1140 g/mol. The fraction of sp³-hybridized carbons (Fsp3) is 0.508. The predicted molar refractivity (Wildman–Crippen MR) is 312 cm³/mol. The van der Waals surface area contributed by atoms with Gasteiger partial charge >= 0.3 is 0 Å². The number of likely N-dealkylation sites (N-methyl/N-ethyl adjacent to an activating group) is 1. The lowest BCUT2D eigenvalue weighted by atomic mass is 9.86. The maximum absolute atomic E-state index is 14.9. The molecule has 20 heteroatoms. The van der Waals surface area contributed by atoms with E-state index in [2.05, 4.69) is 31.6 Å². The number of benzene rings is 2. The van der Waals surface area contributed by atoms with Crippen molar-refractivity contribution in [3.8, 4) is 28.7 Å². The summed E-state index contributed by atoms with van der Waals surface area (Å²) < 4.78 is 42.4. The minimum Gasteiger partial charge on any atom is -0.492 e. The lowest BCUT2D eigenvalue weighted by molar-refractivity contribution is -0.133. The van der Waals surface area contributed by atoms with Crippen molar-refractivity contribution in [2.75, 3.05) is 77.5 Å². The van der Waals surface area contributed by atoms with Gasteiger partial charge in [-0.15, -0.1) is 0 Å². The van der Waals surface area contributed by atoms with E-state index in [9.17, 15) is 42.8 Å². The zero-order chi connectivity index (χ0) is 59.0. The lowest BCUT2D eigenvalue weighted by Crippen LogP contribution is -2.62. The minimum atomic E-state index is -0.794. The normalized spacial score (nSPS) is 14.7. The highest BCUT2D eigenvalue weighted by Crippen LogP contribution is 2.34. The molecule has 2 saturated heterocycles. The second kappa shape index (κ2) is 32.3. The number of nitrogens with zero attached hydrogens (tertiary/aromatic N) is 8. The fourth-order valence-corrected chi connectivity index (χ4v) is 11.2. The standard InChI is InChI=1S/C63H80F2N10O8/c1-3-82-52-37-53(61-49(38-66)40-69-75(61)41-52)47-22-25-58(68-39-47)73-29-26-63(27-30-73,70-62(81)54-36-50(64)23-24-56(54)65)46-72-31-33-74(34-32-72)60(80)21-14-12-10-8-6-4-5-7-9-11-13-15-28-67-59(79)45-83-57-20-16-18-48(43-77)55(57)42-71(2)51(44-78)19-17-35-76/h16,18,20,22-25,35-37,39-41,43-44,51H,3-15,17,19,21,26-34,42,45-46H2,1-2H3,(H,67,79)(H,70,81). The molecule has 18 nitrogen and oxygen atoms in total. The largest absolute Gasteiger partial charge is 0.492 e. The second-order valence-electron chi connectivity index (χ2n) is 21.8. The number of ether oxygens (including phenoxy) is 2. The van der Waals surface area contributed by atoms with Crippen molar-refractivity contribution in [3.63, 3.8) is 0 Å². The number of piperidine rings is 1. The fourth-order valence-electron chi connectivity index (χ4n) is 11.2. The van der Waals surface area contributed by atoms with Crippen molar-refractivity contribution in [1.29, 1.82) is 5.26 Å². The number of anilines is 1. The molecule has 83 heavy (non-hydrogen) atoms. The molecule has 1 unspecified atom stereocenters. The Labute approximate surface area is 485 Å². The van der Waals surface area contributed by atoms with Crippen LogP contribution in [0.5, 0.6) is 11.5 Å². The van der Waals surface area contributed by atoms with Gasteiger partial charge in [0.05, 0.1) is 47.2 Å². The number of aldehydes is 3. The summed E-state index contributed by atoms with van der Waals surface area (Å²) in [6.07, 6.45) is 22.5. The van der Waals surface area contributed by atoms with Gasteiger partial charge in [0.2, 0.25) is 5.91 Å². The van der Waals surface area contributed by atoms with Crippen LogP contribution in [-0.4, -0.2) is 150 Å². The summed E-state index contributed by atoms with van der Waals surface area (Å²) in [6.45, 7) is 6.93. The van der Waals surface area contributed by atoms with Crippen LogP contribution in [0, 0.1) is 23.0 Å². The maximum atomic E-state index is 14.9. The van der Waals surface area contributed by atoms with E-state index in [0.717, 1.165) is 105 Å². The van der Waals surface area contributed by atoms with Crippen LogP contribution in [0.25, 0.3) is 16.6 Å². The first-order valence-electron chi connectivity index (χ1n) is 29.5. The number of hydrogen-bond acceptors (Lipinski definition) is 14. The molecular formula is C63H80F2N10O8. The highest BCUT2D eigenvalue weighted by atomic mass is 19.1. The molecule has 0 saturated carbocycles. The predicted octanol–water partition coefficient (Wildman–Crippen LogP) is 8.92. The molecule has 2 aliphatic heterocycles. The summed E-state index contributed by atoms with van der Waals surface area (Å²) in [5.41, 5.74) is 2.54. The Morgan fingerprint density at radius 3 is 2.22 bits per heavy atom. The molecule has 5 aromatic rings. The van der Waals surface area contributed by atoms with Crippen LogP contribution >= 0.6 is 0 Å². The molecule has 0 spiro atoms. The number of carbonyl (C=O) groups is 6. The molecule has 7 rings (SSSR count). The monoisotopic (exact) mass is 1140 g/mol. The number of aromatic nitrogens is 3. The van der Waals surface area contributed by atoms with Crippen molar-refractivity contribution in [2.45, 2.75) is 134 Å². The van der Waals surface area contributed by atoms with Crippen molar-refractivity contribution in [3.05, 3.63) is 107 Å². The number of piperazine rings is 1. The zero-order valence-electron chi connectivity index (χ0n) is 48.1.